The zero-order valence-corrected chi connectivity index (χ0v) is 12.9. The minimum absolute atomic E-state index is 0.0946. The lowest BCUT2D eigenvalue weighted by atomic mass is 10.0. The van der Waals surface area contributed by atoms with Crippen molar-refractivity contribution in [2.45, 2.75) is 52.2 Å². The molecule has 0 radical (unpaired) electrons. The maximum atomic E-state index is 12.0. The van der Waals surface area contributed by atoms with Gasteiger partial charge in [-0.2, -0.15) is 0 Å². The molecule has 0 aromatic heterocycles. The Morgan fingerprint density at radius 1 is 1.35 bits per heavy atom. The highest BCUT2D eigenvalue weighted by atomic mass is 16.5. The molecule has 1 aromatic carbocycles. The topological polar surface area (TPSA) is 64.3 Å². The standard InChI is InChI=1S/C16H26N2O2/c1-5-16(3,4)18-15(19)12(2)20-14-8-6-13(7-9-14)10-11-17/h6-9,12H,5,10-11,17H2,1-4H3,(H,18,19). The van der Waals surface area contributed by atoms with Crippen LogP contribution < -0.4 is 15.8 Å². The first-order valence-electron chi connectivity index (χ1n) is 7.15. The molecule has 4 nitrogen and oxygen atoms in total. The summed E-state index contributed by atoms with van der Waals surface area (Å²) in [6, 6.07) is 7.70. The first-order chi connectivity index (χ1) is 9.38. The second kappa shape index (κ2) is 7.29. The fourth-order valence-electron chi connectivity index (χ4n) is 1.68. The largest absolute Gasteiger partial charge is 0.481 e. The molecule has 1 rings (SSSR count). The van der Waals surface area contributed by atoms with Gasteiger partial charge in [0.15, 0.2) is 6.10 Å². The van der Waals surface area contributed by atoms with E-state index in [2.05, 4.69) is 5.32 Å². The van der Waals surface area contributed by atoms with Gasteiger partial charge in [0.1, 0.15) is 5.75 Å². The second-order valence-electron chi connectivity index (χ2n) is 5.67. The van der Waals surface area contributed by atoms with Gasteiger partial charge in [-0.3, -0.25) is 4.79 Å². The van der Waals surface area contributed by atoms with Gasteiger partial charge >= 0.3 is 0 Å². The van der Waals surface area contributed by atoms with Gasteiger partial charge in [-0.15, -0.1) is 0 Å². The summed E-state index contributed by atoms with van der Waals surface area (Å²) in [6.07, 6.45) is 1.21. The van der Waals surface area contributed by atoms with Crippen LogP contribution >= 0.6 is 0 Å². The summed E-state index contributed by atoms with van der Waals surface area (Å²) in [5.41, 5.74) is 6.47. The van der Waals surface area contributed by atoms with Crippen molar-refractivity contribution >= 4 is 5.91 Å². The molecule has 0 bridgehead atoms. The third-order valence-electron chi connectivity index (χ3n) is 3.38. The molecule has 1 aromatic rings. The first kappa shape index (κ1) is 16.5. The lowest BCUT2D eigenvalue weighted by Crippen LogP contribution is -2.48. The number of hydrogen-bond donors (Lipinski definition) is 2. The fourth-order valence-corrected chi connectivity index (χ4v) is 1.68. The van der Waals surface area contributed by atoms with Crippen molar-refractivity contribution in [1.82, 2.24) is 5.32 Å². The Balaban J connectivity index is 2.57. The lowest BCUT2D eigenvalue weighted by molar-refractivity contribution is -0.128. The van der Waals surface area contributed by atoms with Crippen molar-refractivity contribution in [3.63, 3.8) is 0 Å². The van der Waals surface area contributed by atoms with Crippen LogP contribution in [0.1, 0.15) is 39.7 Å². The maximum Gasteiger partial charge on any atom is 0.261 e. The van der Waals surface area contributed by atoms with Gasteiger partial charge in [0, 0.05) is 5.54 Å². The van der Waals surface area contributed by atoms with Gasteiger partial charge in [-0.05, 0) is 57.9 Å². The van der Waals surface area contributed by atoms with E-state index in [1.54, 1.807) is 6.92 Å². The van der Waals surface area contributed by atoms with Crippen LogP contribution in [0.5, 0.6) is 5.75 Å². The SMILES string of the molecule is CCC(C)(C)NC(=O)C(C)Oc1ccc(CCN)cc1. The Bertz CT molecular complexity index is 427. The molecule has 0 aliphatic heterocycles. The molecule has 0 aliphatic carbocycles. The number of hydrogen-bond acceptors (Lipinski definition) is 3. The molecule has 112 valence electrons. The minimum atomic E-state index is -0.513. The predicted octanol–water partition coefficient (Wildman–Crippen LogP) is 2.26. The molecule has 0 saturated carbocycles. The number of benzene rings is 1. The zero-order chi connectivity index (χ0) is 15.2. The number of rotatable bonds is 7. The van der Waals surface area contributed by atoms with Crippen LogP contribution in [0.4, 0.5) is 0 Å². The molecule has 0 fully saturated rings. The monoisotopic (exact) mass is 278 g/mol. The number of ether oxygens (including phenoxy) is 1. The third-order valence-corrected chi connectivity index (χ3v) is 3.38. The van der Waals surface area contributed by atoms with E-state index in [0.29, 0.717) is 12.3 Å². The van der Waals surface area contributed by atoms with Crippen LogP contribution in [-0.4, -0.2) is 24.1 Å². The number of nitrogens with one attached hydrogen (secondary N) is 1. The normalized spacial score (nSPS) is 12.8. The van der Waals surface area contributed by atoms with E-state index < -0.39 is 6.10 Å². The average Bonchev–Trinajstić information content (AvgIpc) is 2.41. The maximum absolute atomic E-state index is 12.0. The molecule has 1 amide bonds. The van der Waals surface area contributed by atoms with Gasteiger partial charge in [-0.25, -0.2) is 0 Å². The van der Waals surface area contributed by atoms with E-state index >= 15 is 0 Å². The highest BCUT2D eigenvalue weighted by Crippen LogP contribution is 2.15. The van der Waals surface area contributed by atoms with Crippen molar-refractivity contribution in [2.24, 2.45) is 5.73 Å². The van der Waals surface area contributed by atoms with Crippen LogP contribution in [0.3, 0.4) is 0 Å². The molecule has 4 heteroatoms. The van der Waals surface area contributed by atoms with Crippen molar-refractivity contribution < 1.29 is 9.53 Å². The van der Waals surface area contributed by atoms with Gasteiger partial charge in [0.05, 0.1) is 0 Å². The summed E-state index contributed by atoms with van der Waals surface area (Å²) < 4.78 is 5.66. The Hall–Kier alpha value is -1.55. The first-order valence-corrected chi connectivity index (χ1v) is 7.15. The Morgan fingerprint density at radius 2 is 1.95 bits per heavy atom. The summed E-state index contributed by atoms with van der Waals surface area (Å²) in [6.45, 7) is 8.43. The minimum Gasteiger partial charge on any atom is -0.481 e. The zero-order valence-electron chi connectivity index (χ0n) is 12.9. The Labute approximate surface area is 121 Å². The molecule has 0 spiro atoms. The van der Waals surface area contributed by atoms with Crippen molar-refractivity contribution in [1.29, 1.82) is 0 Å². The van der Waals surface area contributed by atoms with Crippen LogP contribution in [0.2, 0.25) is 0 Å². The molecule has 1 unspecified atom stereocenters. The molecular weight excluding hydrogens is 252 g/mol. The molecule has 20 heavy (non-hydrogen) atoms. The Kier molecular flexibility index (Phi) is 6.02. The number of carbonyl (C=O) groups excluding carboxylic acids is 1. The third kappa shape index (κ3) is 5.21. The van der Waals surface area contributed by atoms with Crippen molar-refractivity contribution in [3.05, 3.63) is 29.8 Å². The van der Waals surface area contributed by atoms with E-state index in [4.69, 9.17) is 10.5 Å². The summed E-state index contributed by atoms with van der Waals surface area (Å²) >= 11 is 0. The summed E-state index contributed by atoms with van der Waals surface area (Å²) in [5, 5.41) is 2.98. The number of carbonyl (C=O) groups is 1. The fraction of sp³-hybridized carbons (Fsp3) is 0.562. The van der Waals surface area contributed by atoms with E-state index in [9.17, 15) is 4.79 Å². The molecule has 0 heterocycles. The van der Waals surface area contributed by atoms with Gasteiger partial charge in [0.25, 0.3) is 5.91 Å². The lowest BCUT2D eigenvalue weighted by Gasteiger charge is -2.26. The molecule has 0 saturated heterocycles. The highest BCUT2D eigenvalue weighted by molar-refractivity contribution is 5.81. The van der Waals surface area contributed by atoms with Crippen LogP contribution in [0.25, 0.3) is 0 Å². The average molecular weight is 278 g/mol. The van der Waals surface area contributed by atoms with Crippen molar-refractivity contribution in [3.8, 4) is 5.75 Å². The van der Waals surface area contributed by atoms with Gasteiger partial charge < -0.3 is 15.8 Å². The molecule has 1 atom stereocenters. The predicted molar refractivity (Wildman–Crippen MR) is 81.8 cm³/mol. The highest BCUT2D eigenvalue weighted by Gasteiger charge is 2.22. The molecular formula is C16H26N2O2. The van der Waals surface area contributed by atoms with E-state index in [1.165, 1.54) is 5.56 Å². The summed E-state index contributed by atoms with van der Waals surface area (Å²) in [5.74, 6) is 0.602. The summed E-state index contributed by atoms with van der Waals surface area (Å²) in [4.78, 5) is 12.0. The van der Waals surface area contributed by atoms with Crippen LogP contribution in [-0.2, 0) is 11.2 Å². The Morgan fingerprint density at radius 3 is 2.45 bits per heavy atom. The quantitative estimate of drug-likeness (QED) is 0.804. The molecule has 0 aliphatic rings. The van der Waals surface area contributed by atoms with Crippen LogP contribution in [0.15, 0.2) is 24.3 Å². The van der Waals surface area contributed by atoms with Crippen LogP contribution in [0, 0.1) is 0 Å². The van der Waals surface area contributed by atoms with E-state index in [-0.39, 0.29) is 11.4 Å². The van der Waals surface area contributed by atoms with Gasteiger partial charge in [-0.1, -0.05) is 19.1 Å². The molecule has 3 N–H and O–H groups in total. The number of nitrogens with two attached hydrogens (primary N) is 1. The van der Waals surface area contributed by atoms with E-state index in [0.717, 1.165) is 12.8 Å². The second-order valence-corrected chi connectivity index (χ2v) is 5.67. The number of amides is 1. The van der Waals surface area contributed by atoms with Gasteiger partial charge in [0.2, 0.25) is 0 Å². The van der Waals surface area contributed by atoms with E-state index in [1.807, 2.05) is 45.0 Å². The summed E-state index contributed by atoms with van der Waals surface area (Å²) in [7, 11) is 0. The smallest absolute Gasteiger partial charge is 0.261 e. The van der Waals surface area contributed by atoms with Crippen molar-refractivity contribution in [2.75, 3.05) is 6.54 Å².